The van der Waals surface area contributed by atoms with E-state index in [2.05, 4.69) is 28.3 Å². The van der Waals surface area contributed by atoms with Crippen LogP contribution >= 0.6 is 0 Å². The minimum atomic E-state index is 0.220. The van der Waals surface area contributed by atoms with E-state index in [0.717, 1.165) is 12.0 Å². The van der Waals surface area contributed by atoms with Crippen LogP contribution in [0, 0.1) is 11.3 Å². The molecule has 1 aliphatic carbocycles. The monoisotopic (exact) mass is 273 g/mol. The Morgan fingerprint density at radius 3 is 2.90 bits per heavy atom. The molecule has 1 aliphatic rings. The van der Waals surface area contributed by atoms with E-state index in [1.54, 1.807) is 12.1 Å². The van der Waals surface area contributed by atoms with Crippen LogP contribution in [0.5, 0.6) is 0 Å². The Balaban J connectivity index is 1.67. The molecule has 1 unspecified atom stereocenters. The van der Waals surface area contributed by atoms with Crippen LogP contribution in [-0.4, -0.2) is 10.1 Å². The molecule has 4 heteroatoms. The molecule has 0 N–H and O–H groups in total. The molecule has 1 atom stereocenters. The number of hydrogen-bond acceptors (Lipinski definition) is 4. The molecule has 1 aromatic heterocycles. The first kappa shape index (κ1) is 11.9. The van der Waals surface area contributed by atoms with E-state index in [1.807, 2.05) is 24.3 Å². The molecule has 0 fully saturated rings. The molecule has 0 bridgehead atoms. The number of rotatable bonds is 2. The fraction of sp³-hybridized carbons (Fsp3) is 0.118. The lowest BCUT2D eigenvalue weighted by atomic mass is 9.77. The fourth-order valence-electron chi connectivity index (χ4n) is 2.70. The van der Waals surface area contributed by atoms with Crippen LogP contribution in [0.1, 0.15) is 28.4 Å². The fourth-order valence-corrected chi connectivity index (χ4v) is 2.70. The Hall–Kier alpha value is -2.93. The molecule has 100 valence electrons. The van der Waals surface area contributed by atoms with Gasteiger partial charge in [0.2, 0.25) is 0 Å². The summed E-state index contributed by atoms with van der Waals surface area (Å²) in [4.78, 5) is 4.49. The topological polar surface area (TPSA) is 62.7 Å². The first-order valence-corrected chi connectivity index (χ1v) is 6.77. The first-order valence-electron chi connectivity index (χ1n) is 6.77. The smallest absolute Gasteiger partial charge is 0.257 e. The molecular formula is C17H11N3O. The number of fused-ring (bicyclic) bond motifs is 1. The number of nitrogens with zero attached hydrogens (tertiary/aromatic N) is 3. The molecule has 0 spiro atoms. The highest BCUT2D eigenvalue weighted by molar-refractivity contribution is 5.56. The summed E-state index contributed by atoms with van der Waals surface area (Å²) in [6.07, 6.45) is 0.952. The lowest BCUT2D eigenvalue weighted by Gasteiger charge is -2.27. The van der Waals surface area contributed by atoms with E-state index >= 15 is 0 Å². The van der Waals surface area contributed by atoms with Crippen molar-refractivity contribution < 1.29 is 4.52 Å². The highest BCUT2D eigenvalue weighted by Crippen LogP contribution is 2.39. The summed E-state index contributed by atoms with van der Waals surface area (Å²) in [6, 6.07) is 17.6. The minimum Gasteiger partial charge on any atom is -0.334 e. The Kier molecular flexibility index (Phi) is 2.58. The van der Waals surface area contributed by atoms with Crippen molar-refractivity contribution in [2.45, 2.75) is 12.3 Å². The predicted octanol–water partition coefficient (Wildman–Crippen LogP) is 3.30. The molecule has 0 aliphatic heterocycles. The van der Waals surface area contributed by atoms with E-state index in [-0.39, 0.29) is 5.92 Å². The summed E-state index contributed by atoms with van der Waals surface area (Å²) >= 11 is 0. The van der Waals surface area contributed by atoms with Crippen molar-refractivity contribution >= 4 is 0 Å². The SMILES string of the molecule is N#Cc1cccc(-c2nc(C3Cc4ccccc43)no2)c1. The van der Waals surface area contributed by atoms with Crippen LogP contribution in [0.4, 0.5) is 0 Å². The van der Waals surface area contributed by atoms with E-state index in [1.165, 1.54) is 11.1 Å². The van der Waals surface area contributed by atoms with Gasteiger partial charge in [0.15, 0.2) is 5.82 Å². The Morgan fingerprint density at radius 2 is 2.05 bits per heavy atom. The van der Waals surface area contributed by atoms with E-state index in [4.69, 9.17) is 9.78 Å². The molecule has 0 radical (unpaired) electrons. The number of nitriles is 1. The van der Waals surface area contributed by atoms with E-state index in [0.29, 0.717) is 17.3 Å². The minimum absolute atomic E-state index is 0.220. The highest BCUT2D eigenvalue weighted by atomic mass is 16.5. The van der Waals surface area contributed by atoms with Gasteiger partial charge in [-0.3, -0.25) is 0 Å². The van der Waals surface area contributed by atoms with Gasteiger partial charge in [-0.25, -0.2) is 0 Å². The average molecular weight is 273 g/mol. The third-order valence-electron chi connectivity index (χ3n) is 3.85. The van der Waals surface area contributed by atoms with Crippen LogP contribution in [0.25, 0.3) is 11.5 Å². The maximum absolute atomic E-state index is 8.94. The summed E-state index contributed by atoms with van der Waals surface area (Å²) < 4.78 is 5.35. The largest absolute Gasteiger partial charge is 0.334 e. The van der Waals surface area contributed by atoms with E-state index < -0.39 is 0 Å². The quantitative estimate of drug-likeness (QED) is 0.718. The van der Waals surface area contributed by atoms with Crippen molar-refractivity contribution in [3.63, 3.8) is 0 Å². The van der Waals surface area contributed by atoms with Crippen molar-refractivity contribution in [1.29, 1.82) is 5.26 Å². The van der Waals surface area contributed by atoms with Gasteiger partial charge in [0.1, 0.15) is 0 Å². The van der Waals surface area contributed by atoms with Crippen molar-refractivity contribution in [1.82, 2.24) is 10.1 Å². The number of benzene rings is 2. The maximum Gasteiger partial charge on any atom is 0.257 e. The average Bonchev–Trinajstić information content (AvgIpc) is 2.98. The second-order valence-corrected chi connectivity index (χ2v) is 5.11. The molecule has 0 saturated carbocycles. The number of aromatic nitrogens is 2. The van der Waals surface area contributed by atoms with Crippen LogP contribution in [0.2, 0.25) is 0 Å². The van der Waals surface area contributed by atoms with Crippen LogP contribution < -0.4 is 0 Å². The Labute approximate surface area is 121 Å². The van der Waals surface area contributed by atoms with Crippen LogP contribution in [-0.2, 0) is 6.42 Å². The molecule has 0 amide bonds. The van der Waals surface area contributed by atoms with Crippen LogP contribution in [0.3, 0.4) is 0 Å². The molecule has 4 nitrogen and oxygen atoms in total. The van der Waals surface area contributed by atoms with Gasteiger partial charge in [-0.1, -0.05) is 35.5 Å². The lowest BCUT2D eigenvalue weighted by Crippen LogP contribution is -2.19. The summed E-state index contributed by atoms with van der Waals surface area (Å²) in [5.41, 5.74) is 3.98. The van der Waals surface area contributed by atoms with Gasteiger partial charge in [-0.2, -0.15) is 10.2 Å². The lowest BCUT2D eigenvalue weighted by molar-refractivity contribution is 0.416. The normalized spacial score (nSPS) is 15.9. The van der Waals surface area contributed by atoms with Crippen LogP contribution in [0.15, 0.2) is 53.1 Å². The third kappa shape index (κ3) is 1.91. The second-order valence-electron chi connectivity index (χ2n) is 5.11. The number of hydrogen-bond donors (Lipinski definition) is 0. The molecule has 1 heterocycles. The van der Waals surface area contributed by atoms with Gasteiger partial charge in [0.05, 0.1) is 17.6 Å². The Bertz CT molecular complexity index is 860. The summed E-state index contributed by atoms with van der Waals surface area (Å²) in [5.74, 6) is 1.40. The molecule has 3 aromatic rings. The first-order chi connectivity index (χ1) is 10.3. The molecule has 21 heavy (non-hydrogen) atoms. The van der Waals surface area contributed by atoms with E-state index in [9.17, 15) is 0 Å². The summed E-state index contributed by atoms with van der Waals surface area (Å²) in [6.45, 7) is 0. The molecule has 0 saturated heterocycles. The van der Waals surface area contributed by atoms with Gasteiger partial charge >= 0.3 is 0 Å². The molecule has 4 rings (SSSR count). The third-order valence-corrected chi connectivity index (χ3v) is 3.85. The van der Waals surface area contributed by atoms with Gasteiger partial charge in [-0.05, 0) is 35.7 Å². The summed E-state index contributed by atoms with van der Waals surface area (Å²) in [7, 11) is 0. The van der Waals surface area contributed by atoms with Crippen molar-refractivity contribution in [2.24, 2.45) is 0 Å². The van der Waals surface area contributed by atoms with Crippen molar-refractivity contribution in [3.05, 3.63) is 71.0 Å². The van der Waals surface area contributed by atoms with Gasteiger partial charge < -0.3 is 4.52 Å². The Morgan fingerprint density at radius 1 is 1.14 bits per heavy atom. The molecular weight excluding hydrogens is 262 g/mol. The second kappa shape index (κ2) is 4.57. The standard InChI is InChI=1S/C17H11N3O/c18-10-11-4-3-6-13(8-11)17-19-16(20-21-17)15-9-12-5-1-2-7-14(12)15/h1-8,15H,9H2. The van der Waals surface area contributed by atoms with Gasteiger partial charge in [-0.15, -0.1) is 0 Å². The maximum atomic E-state index is 8.94. The zero-order valence-electron chi connectivity index (χ0n) is 11.2. The highest BCUT2D eigenvalue weighted by Gasteiger charge is 2.31. The van der Waals surface area contributed by atoms with Gasteiger partial charge in [0.25, 0.3) is 5.89 Å². The molecule has 2 aromatic carbocycles. The zero-order chi connectivity index (χ0) is 14.2. The van der Waals surface area contributed by atoms with Crippen molar-refractivity contribution in [2.75, 3.05) is 0 Å². The summed E-state index contributed by atoms with van der Waals surface area (Å²) in [5, 5.41) is 13.0. The predicted molar refractivity (Wildman–Crippen MR) is 76.4 cm³/mol. The van der Waals surface area contributed by atoms with Crippen molar-refractivity contribution in [3.8, 4) is 17.5 Å². The zero-order valence-corrected chi connectivity index (χ0v) is 11.2. The van der Waals surface area contributed by atoms with Gasteiger partial charge in [0, 0.05) is 5.56 Å².